The second-order valence-electron chi connectivity index (χ2n) is 6.94. The number of ether oxygens (including phenoxy) is 2. The van der Waals surface area contributed by atoms with Crippen molar-refractivity contribution in [3.63, 3.8) is 0 Å². The molecule has 7 nitrogen and oxygen atoms in total. The predicted molar refractivity (Wildman–Crippen MR) is 127 cm³/mol. The van der Waals surface area contributed by atoms with E-state index in [4.69, 9.17) is 9.47 Å². The lowest BCUT2D eigenvalue weighted by molar-refractivity contribution is 0.143. The highest BCUT2D eigenvalue weighted by Gasteiger charge is 2.25. The van der Waals surface area contributed by atoms with E-state index in [1.54, 1.807) is 20.4 Å². The Hall–Kier alpha value is -2.21. The topological polar surface area (TPSA) is 71.0 Å². The largest absolute Gasteiger partial charge is 0.475 e. The van der Waals surface area contributed by atoms with E-state index < -0.39 is 11.6 Å². The quantitative estimate of drug-likeness (QED) is 0.229. The highest BCUT2D eigenvalue weighted by Crippen LogP contribution is 2.24. The molecule has 0 aliphatic carbocycles. The average Bonchev–Trinajstić information content (AvgIpc) is 3.20. The Bertz CT molecular complexity index is 854. The zero-order chi connectivity index (χ0) is 21.3. The summed E-state index contributed by atoms with van der Waals surface area (Å²) in [4.78, 5) is 10.4. The van der Waals surface area contributed by atoms with E-state index in [0.29, 0.717) is 50.4 Å². The van der Waals surface area contributed by atoms with Gasteiger partial charge in [0.25, 0.3) is 0 Å². The molecule has 1 saturated heterocycles. The molecule has 2 N–H and O–H groups in total. The van der Waals surface area contributed by atoms with Crippen LogP contribution >= 0.6 is 24.0 Å². The van der Waals surface area contributed by atoms with Crippen molar-refractivity contribution in [3.05, 3.63) is 53.7 Å². The van der Waals surface area contributed by atoms with Crippen LogP contribution in [0.15, 0.2) is 41.5 Å². The van der Waals surface area contributed by atoms with E-state index in [-0.39, 0.29) is 30.0 Å². The van der Waals surface area contributed by atoms with Crippen molar-refractivity contribution in [2.45, 2.75) is 19.0 Å². The standard InChI is InChI=1S/C21H27F2N5O2.HI/c1-24-21(26-13-15-3-6-20(25-12-15)30-10-9-29-2)27-17-7-8-28(14-17)19-5-4-16(22)11-18(19)23;/h3-6,11-12,17H,7-10,13-14H2,1-2H3,(H2,24,26,27);1H. The average molecular weight is 547 g/mol. The van der Waals surface area contributed by atoms with Gasteiger partial charge in [-0.3, -0.25) is 4.99 Å². The fraction of sp³-hybridized carbons (Fsp3) is 0.429. The van der Waals surface area contributed by atoms with Crippen LogP contribution < -0.4 is 20.3 Å². The molecule has 1 aliphatic rings. The van der Waals surface area contributed by atoms with E-state index >= 15 is 0 Å². The Morgan fingerprint density at radius 2 is 2.10 bits per heavy atom. The summed E-state index contributed by atoms with van der Waals surface area (Å²) in [6.07, 6.45) is 2.57. The van der Waals surface area contributed by atoms with Crippen LogP contribution in [0.2, 0.25) is 0 Å². The fourth-order valence-electron chi connectivity index (χ4n) is 3.24. The van der Waals surface area contributed by atoms with Gasteiger partial charge in [-0.15, -0.1) is 24.0 Å². The molecule has 0 amide bonds. The Morgan fingerprint density at radius 1 is 1.26 bits per heavy atom. The molecule has 0 saturated carbocycles. The molecule has 1 unspecified atom stereocenters. The molecule has 3 rings (SSSR count). The summed E-state index contributed by atoms with van der Waals surface area (Å²) in [6.45, 7) is 2.81. The van der Waals surface area contributed by atoms with Gasteiger partial charge in [0.05, 0.1) is 12.3 Å². The number of benzene rings is 1. The zero-order valence-corrected chi connectivity index (χ0v) is 19.9. The predicted octanol–water partition coefficient (Wildman–Crippen LogP) is 2.95. The Balaban J connectivity index is 0.00000341. The van der Waals surface area contributed by atoms with Crippen molar-refractivity contribution < 1.29 is 18.3 Å². The number of rotatable bonds is 8. The molecule has 1 atom stereocenters. The molecule has 10 heteroatoms. The van der Waals surface area contributed by atoms with Crippen LogP contribution in [0.3, 0.4) is 0 Å². The van der Waals surface area contributed by atoms with Crippen LogP contribution in [0.4, 0.5) is 14.5 Å². The maximum Gasteiger partial charge on any atom is 0.213 e. The molecular formula is C21H28F2IN5O2. The van der Waals surface area contributed by atoms with Gasteiger partial charge >= 0.3 is 0 Å². The summed E-state index contributed by atoms with van der Waals surface area (Å²) in [6, 6.07) is 7.53. The van der Waals surface area contributed by atoms with Crippen LogP contribution in [0.5, 0.6) is 5.88 Å². The van der Waals surface area contributed by atoms with Crippen molar-refractivity contribution in [2.24, 2.45) is 4.99 Å². The van der Waals surface area contributed by atoms with Crippen molar-refractivity contribution in [1.82, 2.24) is 15.6 Å². The number of guanidine groups is 1. The maximum absolute atomic E-state index is 14.0. The molecule has 2 heterocycles. The molecule has 170 valence electrons. The van der Waals surface area contributed by atoms with Crippen molar-refractivity contribution in [2.75, 3.05) is 45.4 Å². The molecule has 1 aromatic heterocycles. The minimum absolute atomic E-state index is 0. The number of methoxy groups -OCH3 is 1. The summed E-state index contributed by atoms with van der Waals surface area (Å²) in [7, 11) is 3.32. The zero-order valence-electron chi connectivity index (χ0n) is 17.6. The normalized spacial score (nSPS) is 16.1. The molecule has 1 aromatic carbocycles. The Labute approximate surface area is 198 Å². The minimum atomic E-state index is -0.571. The summed E-state index contributed by atoms with van der Waals surface area (Å²) >= 11 is 0. The van der Waals surface area contributed by atoms with Crippen molar-refractivity contribution >= 4 is 35.6 Å². The molecule has 1 aliphatic heterocycles. The number of aliphatic imine (C=N–C) groups is 1. The SMILES string of the molecule is CN=C(NCc1ccc(OCCOC)nc1)NC1CCN(c2ccc(F)cc2F)C1.I. The van der Waals surface area contributed by atoms with Gasteiger partial charge in [0.1, 0.15) is 18.2 Å². The van der Waals surface area contributed by atoms with E-state index in [2.05, 4.69) is 20.6 Å². The number of nitrogens with zero attached hydrogens (tertiary/aromatic N) is 3. The molecule has 31 heavy (non-hydrogen) atoms. The van der Waals surface area contributed by atoms with E-state index in [1.165, 1.54) is 12.1 Å². The first kappa shape index (κ1) is 25.1. The van der Waals surface area contributed by atoms with Gasteiger partial charge in [-0.25, -0.2) is 13.8 Å². The monoisotopic (exact) mass is 547 g/mol. The van der Waals surface area contributed by atoms with E-state index in [9.17, 15) is 8.78 Å². The minimum Gasteiger partial charge on any atom is -0.475 e. The third-order valence-corrected chi connectivity index (χ3v) is 4.80. The lowest BCUT2D eigenvalue weighted by Crippen LogP contribution is -2.44. The van der Waals surface area contributed by atoms with Crippen LogP contribution in [0, 0.1) is 11.6 Å². The number of hydrogen-bond acceptors (Lipinski definition) is 5. The molecule has 0 spiro atoms. The van der Waals surface area contributed by atoms with Crippen LogP contribution in [-0.2, 0) is 11.3 Å². The second-order valence-corrected chi connectivity index (χ2v) is 6.94. The van der Waals surface area contributed by atoms with Crippen molar-refractivity contribution in [1.29, 1.82) is 0 Å². The van der Waals surface area contributed by atoms with E-state index in [1.807, 2.05) is 17.0 Å². The van der Waals surface area contributed by atoms with Crippen molar-refractivity contribution in [3.8, 4) is 5.88 Å². The molecule has 2 aromatic rings. The van der Waals surface area contributed by atoms with Crippen LogP contribution in [-0.4, -0.2) is 57.4 Å². The Morgan fingerprint density at radius 3 is 2.77 bits per heavy atom. The number of nitrogens with one attached hydrogen (secondary N) is 2. The number of aromatic nitrogens is 1. The van der Waals surface area contributed by atoms with E-state index in [0.717, 1.165) is 18.1 Å². The Kier molecular flexibility index (Phi) is 10.2. The lowest BCUT2D eigenvalue weighted by atomic mass is 10.2. The maximum atomic E-state index is 14.0. The smallest absolute Gasteiger partial charge is 0.213 e. The van der Waals surface area contributed by atoms with Crippen LogP contribution in [0.1, 0.15) is 12.0 Å². The highest BCUT2D eigenvalue weighted by atomic mass is 127. The summed E-state index contributed by atoms with van der Waals surface area (Å²) < 4.78 is 37.6. The van der Waals surface area contributed by atoms with Gasteiger partial charge in [0, 0.05) is 58.2 Å². The summed E-state index contributed by atoms with van der Waals surface area (Å²) in [5.41, 5.74) is 1.40. The summed E-state index contributed by atoms with van der Waals surface area (Å²) in [5.74, 6) is 0.0957. The molecule has 0 radical (unpaired) electrons. The van der Waals surface area contributed by atoms with Gasteiger partial charge < -0.3 is 25.0 Å². The van der Waals surface area contributed by atoms with Gasteiger partial charge in [-0.1, -0.05) is 6.07 Å². The molecule has 1 fully saturated rings. The fourth-order valence-corrected chi connectivity index (χ4v) is 3.24. The number of pyridine rings is 1. The third-order valence-electron chi connectivity index (χ3n) is 4.80. The number of anilines is 1. The first-order valence-corrected chi connectivity index (χ1v) is 9.83. The van der Waals surface area contributed by atoms with Crippen LogP contribution in [0.25, 0.3) is 0 Å². The highest BCUT2D eigenvalue weighted by molar-refractivity contribution is 14.0. The first-order valence-electron chi connectivity index (χ1n) is 9.83. The van der Waals surface area contributed by atoms with Gasteiger partial charge in [-0.2, -0.15) is 0 Å². The second kappa shape index (κ2) is 12.6. The lowest BCUT2D eigenvalue weighted by Gasteiger charge is -2.21. The summed E-state index contributed by atoms with van der Waals surface area (Å²) in [5, 5.41) is 6.61. The first-order chi connectivity index (χ1) is 14.6. The molecular weight excluding hydrogens is 519 g/mol. The number of hydrogen-bond donors (Lipinski definition) is 2. The van der Waals surface area contributed by atoms with Gasteiger partial charge in [-0.05, 0) is 24.1 Å². The molecule has 0 bridgehead atoms. The van der Waals surface area contributed by atoms with Gasteiger partial charge in [0.2, 0.25) is 5.88 Å². The third kappa shape index (κ3) is 7.46. The number of halogens is 3. The van der Waals surface area contributed by atoms with Gasteiger partial charge in [0.15, 0.2) is 5.96 Å².